The van der Waals surface area contributed by atoms with Crippen molar-refractivity contribution in [2.75, 3.05) is 7.05 Å². The number of allylic oxidation sites excluding steroid dienone is 3. The number of aliphatic imine (C=N–C) groups is 1. The van der Waals surface area contributed by atoms with Crippen LogP contribution in [0.4, 0.5) is 0 Å². The highest BCUT2D eigenvalue weighted by atomic mass is 14.7. The van der Waals surface area contributed by atoms with Gasteiger partial charge >= 0.3 is 0 Å². The summed E-state index contributed by atoms with van der Waals surface area (Å²) in [4.78, 5) is 4.16. The molecule has 1 aliphatic rings. The molecule has 0 aromatic rings. The van der Waals surface area contributed by atoms with Crippen LogP contribution in [0.1, 0.15) is 19.8 Å². The zero-order chi connectivity index (χ0) is 7.56. The van der Waals surface area contributed by atoms with Gasteiger partial charge in [-0.25, -0.2) is 0 Å². The van der Waals surface area contributed by atoms with Crippen LogP contribution in [-0.2, 0) is 0 Å². The zero-order valence-corrected chi connectivity index (χ0v) is 6.65. The van der Waals surface area contributed by atoms with Crippen molar-refractivity contribution in [2.24, 2.45) is 4.99 Å². The van der Waals surface area contributed by atoms with Crippen molar-refractivity contribution in [3.63, 3.8) is 0 Å². The van der Waals surface area contributed by atoms with Crippen LogP contribution in [0, 0.1) is 0 Å². The van der Waals surface area contributed by atoms with E-state index in [9.17, 15) is 0 Å². The number of rotatable bonds is 0. The summed E-state index contributed by atoms with van der Waals surface area (Å²) >= 11 is 0. The van der Waals surface area contributed by atoms with E-state index in [1.54, 1.807) is 0 Å². The smallest absolute Gasteiger partial charge is 0.0622 e. The zero-order valence-electron chi connectivity index (χ0n) is 6.65. The molecule has 0 spiro atoms. The summed E-state index contributed by atoms with van der Waals surface area (Å²) in [7, 11) is 1.82. The number of nitrogens with zero attached hydrogens (tertiary/aromatic N) is 1. The van der Waals surface area contributed by atoms with E-state index >= 15 is 0 Å². The van der Waals surface area contributed by atoms with Crippen LogP contribution >= 0.6 is 0 Å². The Morgan fingerprint density at radius 1 is 1.60 bits per heavy atom. The molecule has 0 aliphatic heterocycles. The first kappa shape index (κ1) is 7.26. The monoisotopic (exact) mass is 135 g/mol. The molecule has 1 aliphatic carbocycles. The fourth-order valence-corrected chi connectivity index (χ4v) is 1.29. The largest absolute Gasteiger partial charge is 0.288 e. The van der Waals surface area contributed by atoms with Crippen molar-refractivity contribution in [3.05, 3.63) is 23.8 Å². The molecule has 0 radical (unpaired) electrons. The molecule has 0 aromatic heterocycles. The van der Waals surface area contributed by atoms with E-state index in [1.807, 2.05) is 7.05 Å². The van der Waals surface area contributed by atoms with Gasteiger partial charge in [-0.2, -0.15) is 0 Å². The predicted molar refractivity (Wildman–Crippen MR) is 45.5 cm³/mol. The van der Waals surface area contributed by atoms with Gasteiger partial charge in [0.15, 0.2) is 0 Å². The topological polar surface area (TPSA) is 12.4 Å². The highest BCUT2D eigenvalue weighted by Crippen LogP contribution is 2.18. The van der Waals surface area contributed by atoms with Crippen molar-refractivity contribution < 1.29 is 0 Å². The van der Waals surface area contributed by atoms with Gasteiger partial charge in [-0.05, 0) is 30.9 Å². The van der Waals surface area contributed by atoms with Crippen LogP contribution in [0.3, 0.4) is 0 Å². The minimum Gasteiger partial charge on any atom is -0.288 e. The Balaban J connectivity index is 2.94. The van der Waals surface area contributed by atoms with Gasteiger partial charge in [0.2, 0.25) is 0 Å². The van der Waals surface area contributed by atoms with Gasteiger partial charge in [0.05, 0.1) is 5.71 Å². The highest BCUT2D eigenvalue weighted by Gasteiger charge is 2.09. The van der Waals surface area contributed by atoms with Crippen molar-refractivity contribution in [1.29, 1.82) is 0 Å². The second-order valence-electron chi connectivity index (χ2n) is 2.60. The van der Waals surface area contributed by atoms with E-state index in [-0.39, 0.29) is 0 Å². The summed E-state index contributed by atoms with van der Waals surface area (Å²) < 4.78 is 0. The van der Waals surface area contributed by atoms with E-state index in [0.717, 1.165) is 18.6 Å². The lowest BCUT2D eigenvalue weighted by atomic mass is 9.94. The van der Waals surface area contributed by atoms with Gasteiger partial charge in [-0.3, -0.25) is 4.99 Å². The molecule has 0 unspecified atom stereocenters. The molecule has 10 heavy (non-hydrogen) atoms. The highest BCUT2D eigenvalue weighted by molar-refractivity contribution is 6.12. The van der Waals surface area contributed by atoms with Gasteiger partial charge in [0.1, 0.15) is 0 Å². The number of hydrogen-bond donors (Lipinski definition) is 0. The van der Waals surface area contributed by atoms with Gasteiger partial charge in [0.25, 0.3) is 0 Å². The quantitative estimate of drug-likeness (QED) is 0.483. The summed E-state index contributed by atoms with van der Waals surface area (Å²) in [5, 5.41) is 0. The second kappa shape index (κ2) is 2.82. The standard InChI is InChI=1S/C9H13N/c1-7-5-4-6-8(2)9(7)10-3/h6H,1,4-5H2,2-3H3. The third-order valence-corrected chi connectivity index (χ3v) is 1.83. The van der Waals surface area contributed by atoms with Gasteiger partial charge in [0, 0.05) is 7.05 Å². The molecule has 0 saturated carbocycles. The lowest BCUT2D eigenvalue weighted by molar-refractivity contribution is 0.992. The van der Waals surface area contributed by atoms with Crippen LogP contribution < -0.4 is 0 Å². The molecule has 0 amide bonds. The molecular formula is C9H13N. The molecule has 1 rings (SSSR count). The Hall–Kier alpha value is -0.850. The van der Waals surface area contributed by atoms with Crippen LogP contribution in [0.5, 0.6) is 0 Å². The van der Waals surface area contributed by atoms with Crippen molar-refractivity contribution in [1.82, 2.24) is 0 Å². The van der Waals surface area contributed by atoms with Gasteiger partial charge in [-0.1, -0.05) is 12.7 Å². The summed E-state index contributed by atoms with van der Waals surface area (Å²) in [6.45, 7) is 6.04. The van der Waals surface area contributed by atoms with E-state index < -0.39 is 0 Å². The molecule has 54 valence electrons. The fraction of sp³-hybridized carbons (Fsp3) is 0.444. The first-order valence-corrected chi connectivity index (χ1v) is 3.57. The molecular weight excluding hydrogens is 122 g/mol. The molecule has 1 nitrogen and oxygen atoms in total. The average Bonchev–Trinajstić information content (AvgIpc) is 1.88. The molecule has 0 saturated heterocycles. The first-order chi connectivity index (χ1) is 4.75. The van der Waals surface area contributed by atoms with Crippen LogP contribution in [-0.4, -0.2) is 12.8 Å². The molecule has 0 N–H and O–H groups in total. The summed E-state index contributed by atoms with van der Waals surface area (Å²) in [6, 6.07) is 0. The third-order valence-electron chi connectivity index (χ3n) is 1.83. The van der Waals surface area contributed by atoms with Crippen LogP contribution in [0.2, 0.25) is 0 Å². The molecule has 0 heterocycles. The summed E-state index contributed by atoms with van der Waals surface area (Å²) in [5.74, 6) is 0. The molecule has 0 fully saturated rings. The van der Waals surface area contributed by atoms with Crippen molar-refractivity contribution >= 4 is 5.71 Å². The lowest BCUT2D eigenvalue weighted by Gasteiger charge is -2.13. The first-order valence-electron chi connectivity index (χ1n) is 3.57. The summed E-state index contributed by atoms with van der Waals surface area (Å²) in [6.07, 6.45) is 4.42. The SMILES string of the molecule is C=C1CCC=C(C)C1=NC. The van der Waals surface area contributed by atoms with E-state index in [0.29, 0.717) is 0 Å². The third kappa shape index (κ3) is 1.18. The maximum Gasteiger partial charge on any atom is 0.0622 e. The Labute approximate surface area is 62.2 Å². The maximum absolute atomic E-state index is 4.16. The Bertz CT molecular complexity index is 209. The predicted octanol–water partition coefficient (Wildman–Crippen LogP) is 2.35. The number of hydrogen-bond acceptors (Lipinski definition) is 1. The van der Waals surface area contributed by atoms with E-state index in [1.165, 1.54) is 11.1 Å². The minimum absolute atomic E-state index is 1.07. The van der Waals surface area contributed by atoms with Crippen molar-refractivity contribution in [3.8, 4) is 0 Å². The molecule has 0 atom stereocenters. The minimum atomic E-state index is 1.07. The Morgan fingerprint density at radius 2 is 2.30 bits per heavy atom. The van der Waals surface area contributed by atoms with E-state index in [4.69, 9.17) is 0 Å². The molecule has 0 bridgehead atoms. The van der Waals surface area contributed by atoms with Crippen LogP contribution in [0.15, 0.2) is 28.8 Å². The lowest BCUT2D eigenvalue weighted by Crippen LogP contribution is -2.07. The summed E-state index contributed by atoms with van der Waals surface area (Å²) in [5.41, 5.74) is 3.56. The molecule has 0 aromatic carbocycles. The Kier molecular flexibility index (Phi) is 2.05. The van der Waals surface area contributed by atoms with Crippen molar-refractivity contribution in [2.45, 2.75) is 19.8 Å². The van der Waals surface area contributed by atoms with Gasteiger partial charge in [-0.15, -0.1) is 0 Å². The average molecular weight is 135 g/mol. The van der Waals surface area contributed by atoms with Gasteiger partial charge < -0.3 is 0 Å². The Morgan fingerprint density at radius 3 is 2.70 bits per heavy atom. The van der Waals surface area contributed by atoms with Crippen LogP contribution in [0.25, 0.3) is 0 Å². The fourth-order valence-electron chi connectivity index (χ4n) is 1.29. The van der Waals surface area contributed by atoms with E-state index in [2.05, 4.69) is 24.6 Å². The molecule has 1 heteroatoms. The normalized spacial score (nSPS) is 23.2. The second-order valence-corrected chi connectivity index (χ2v) is 2.60. The maximum atomic E-state index is 4.16.